The zero-order chi connectivity index (χ0) is 17.8. The third-order valence-electron chi connectivity index (χ3n) is 4.45. The minimum atomic E-state index is 0.467. The van der Waals surface area contributed by atoms with Crippen LogP contribution in [0, 0.1) is 6.92 Å². The molecular weight excluding hydrogens is 418 g/mol. The van der Waals surface area contributed by atoms with Crippen molar-refractivity contribution in [2.45, 2.75) is 20.0 Å². The zero-order valence-corrected chi connectivity index (χ0v) is 16.1. The second-order valence-corrected chi connectivity index (χ2v) is 7.53. The van der Waals surface area contributed by atoms with Crippen molar-refractivity contribution in [2.24, 2.45) is 0 Å². The SMILES string of the molecule is Cc1ncn2c1Cn1nc(Cn3cc(Cl)cn3)nc1-c1cc(Br)ccc1-2. The van der Waals surface area contributed by atoms with E-state index in [4.69, 9.17) is 21.7 Å². The van der Waals surface area contributed by atoms with Crippen LogP contribution < -0.4 is 0 Å². The maximum Gasteiger partial charge on any atom is 0.172 e. The molecule has 1 aromatic carbocycles. The monoisotopic (exact) mass is 429 g/mol. The van der Waals surface area contributed by atoms with E-state index in [0.29, 0.717) is 23.9 Å². The van der Waals surface area contributed by atoms with Crippen LogP contribution in [0.3, 0.4) is 0 Å². The molecule has 0 aliphatic carbocycles. The van der Waals surface area contributed by atoms with Gasteiger partial charge in [-0.2, -0.15) is 10.2 Å². The fraction of sp³-hybridized carbons (Fsp3) is 0.176. The lowest BCUT2D eigenvalue weighted by molar-refractivity contribution is 0.621. The summed E-state index contributed by atoms with van der Waals surface area (Å²) in [5, 5.41) is 9.52. The third-order valence-corrected chi connectivity index (χ3v) is 5.14. The predicted octanol–water partition coefficient (Wildman–Crippen LogP) is 3.46. The van der Waals surface area contributed by atoms with Gasteiger partial charge in [-0.05, 0) is 25.1 Å². The molecule has 0 saturated heterocycles. The lowest BCUT2D eigenvalue weighted by Gasteiger charge is -2.08. The Morgan fingerprint density at radius 2 is 2.19 bits per heavy atom. The van der Waals surface area contributed by atoms with Crippen LogP contribution >= 0.6 is 27.5 Å². The summed E-state index contributed by atoms with van der Waals surface area (Å²) in [5.41, 5.74) is 4.14. The summed E-state index contributed by atoms with van der Waals surface area (Å²) in [4.78, 5) is 9.26. The van der Waals surface area contributed by atoms with E-state index in [1.807, 2.05) is 24.0 Å². The second-order valence-electron chi connectivity index (χ2n) is 6.17. The van der Waals surface area contributed by atoms with E-state index >= 15 is 0 Å². The Morgan fingerprint density at radius 3 is 3.00 bits per heavy atom. The first-order chi connectivity index (χ1) is 12.6. The normalized spacial score (nSPS) is 12.4. The van der Waals surface area contributed by atoms with Gasteiger partial charge < -0.3 is 4.57 Å². The minimum absolute atomic E-state index is 0.467. The molecule has 4 heterocycles. The fourth-order valence-corrected chi connectivity index (χ4v) is 3.75. The number of nitrogens with zero attached hydrogens (tertiary/aromatic N) is 7. The van der Waals surface area contributed by atoms with Gasteiger partial charge in [0.25, 0.3) is 0 Å². The highest BCUT2D eigenvalue weighted by Gasteiger charge is 2.24. The van der Waals surface area contributed by atoms with Crippen molar-refractivity contribution in [3.8, 4) is 17.1 Å². The van der Waals surface area contributed by atoms with Crippen LogP contribution in [-0.2, 0) is 13.1 Å². The van der Waals surface area contributed by atoms with Gasteiger partial charge in [0.1, 0.15) is 6.54 Å². The van der Waals surface area contributed by atoms with Crippen molar-refractivity contribution in [3.63, 3.8) is 0 Å². The molecular formula is C17H13BrClN7. The van der Waals surface area contributed by atoms with Crippen molar-refractivity contribution in [1.82, 2.24) is 34.1 Å². The number of hydrogen-bond donors (Lipinski definition) is 0. The molecule has 1 aliphatic heterocycles. The molecule has 4 aromatic rings. The minimum Gasteiger partial charge on any atom is -0.300 e. The summed E-state index contributed by atoms with van der Waals surface area (Å²) in [6.07, 6.45) is 5.23. The van der Waals surface area contributed by atoms with Gasteiger partial charge in [-0.1, -0.05) is 27.5 Å². The van der Waals surface area contributed by atoms with Crippen LogP contribution in [-0.4, -0.2) is 34.1 Å². The van der Waals surface area contributed by atoms with Crippen LogP contribution in [0.1, 0.15) is 17.2 Å². The molecule has 0 fully saturated rings. The van der Waals surface area contributed by atoms with E-state index in [2.05, 4.69) is 42.7 Å². The lowest BCUT2D eigenvalue weighted by atomic mass is 10.1. The average Bonchev–Trinajstić information content (AvgIpc) is 3.28. The van der Waals surface area contributed by atoms with Gasteiger partial charge in [-0.3, -0.25) is 4.68 Å². The quantitative estimate of drug-likeness (QED) is 0.430. The van der Waals surface area contributed by atoms with E-state index < -0.39 is 0 Å². The Bertz CT molecular complexity index is 1140. The molecule has 5 rings (SSSR count). The van der Waals surface area contributed by atoms with E-state index in [1.165, 1.54) is 0 Å². The van der Waals surface area contributed by atoms with Gasteiger partial charge in [-0.25, -0.2) is 14.6 Å². The Morgan fingerprint density at radius 1 is 1.31 bits per heavy atom. The number of imidazole rings is 1. The predicted molar refractivity (Wildman–Crippen MR) is 100 cm³/mol. The Hall–Kier alpha value is -2.45. The van der Waals surface area contributed by atoms with Crippen LogP contribution in [0.4, 0.5) is 0 Å². The molecule has 0 atom stereocenters. The van der Waals surface area contributed by atoms with Crippen molar-refractivity contribution >= 4 is 27.5 Å². The lowest BCUT2D eigenvalue weighted by Crippen LogP contribution is -2.07. The summed E-state index contributed by atoms with van der Waals surface area (Å²) < 4.78 is 6.76. The molecule has 0 saturated carbocycles. The van der Waals surface area contributed by atoms with Crippen molar-refractivity contribution < 1.29 is 0 Å². The first-order valence-electron chi connectivity index (χ1n) is 8.03. The first kappa shape index (κ1) is 15.8. The molecule has 9 heteroatoms. The van der Waals surface area contributed by atoms with Gasteiger partial charge in [-0.15, -0.1) is 0 Å². The molecule has 0 spiro atoms. The number of rotatable bonds is 2. The molecule has 0 amide bonds. The van der Waals surface area contributed by atoms with E-state index in [1.54, 1.807) is 17.1 Å². The van der Waals surface area contributed by atoms with Gasteiger partial charge in [0.05, 0.1) is 41.2 Å². The average molecular weight is 431 g/mol. The number of fused-ring (bicyclic) bond motifs is 5. The smallest absolute Gasteiger partial charge is 0.172 e. The summed E-state index contributed by atoms with van der Waals surface area (Å²) in [6.45, 7) is 3.09. The standard InChI is InChI=1S/C17H13BrClN7/c1-10-15-7-26-17(22-16(23-26)8-24-6-12(19)5-21-24)13-4-11(18)2-3-14(13)25(15)9-20-10/h2-6,9H,7-8H2,1H3. The highest BCUT2D eigenvalue weighted by Crippen LogP contribution is 2.33. The number of hydrogen-bond acceptors (Lipinski definition) is 4. The van der Waals surface area contributed by atoms with Crippen molar-refractivity contribution in [1.29, 1.82) is 0 Å². The van der Waals surface area contributed by atoms with Crippen molar-refractivity contribution in [3.05, 3.63) is 63.6 Å². The second kappa shape index (κ2) is 5.78. The molecule has 0 unspecified atom stereocenters. The topological polar surface area (TPSA) is 66.3 Å². The maximum absolute atomic E-state index is 5.95. The molecule has 26 heavy (non-hydrogen) atoms. The molecule has 0 bridgehead atoms. The van der Waals surface area contributed by atoms with Gasteiger partial charge >= 0.3 is 0 Å². The van der Waals surface area contributed by atoms with Crippen molar-refractivity contribution in [2.75, 3.05) is 0 Å². The number of aromatic nitrogens is 7. The van der Waals surface area contributed by atoms with Gasteiger partial charge in [0.15, 0.2) is 11.6 Å². The highest BCUT2D eigenvalue weighted by atomic mass is 79.9. The maximum atomic E-state index is 5.95. The summed E-state index contributed by atoms with van der Waals surface area (Å²) >= 11 is 9.52. The number of benzene rings is 1. The van der Waals surface area contributed by atoms with Crippen LogP contribution in [0.15, 0.2) is 41.4 Å². The Balaban J connectivity index is 1.67. The molecule has 7 nitrogen and oxygen atoms in total. The van der Waals surface area contributed by atoms with E-state index in [9.17, 15) is 0 Å². The summed E-state index contributed by atoms with van der Waals surface area (Å²) in [6, 6.07) is 6.16. The summed E-state index contributed by atoms with van der Waals surface area (Å²) in [5.74, 6) is 1.52. The van der Waals surface area contributed by atoms with Gasteiger partial charge in [0.2, 0.25) is 0 Å². The largest absolute Gasteiger partial charge is 0.300 e. The number of halogens is 2. The fourth-order valence-electron chi connectivity index (χ4n) is 3.24. The van der Waals surface area contributed by atoms with Crippen LogP contribution in [0.25, 0.3) is 17.1 Å². The highest BCUT2D eigenvalue weighted by molar-refractivity contribution is 9.10. The Kier molecular flexibility index (Phi) is 3.51. The third kappa shape index (κ3) is 2.48. The Labute approximate surface area is 162 Å². The summed E-state index contributed by atoms with van der Waals surface area (Å²) in [7, 11) is 0. The molecule has 0 radical (unpaired) electrons. The first-order valence-corrected chi connectivity index (χ1v) is 9.20. The molecule has 130 valence electrons. The van der Waals surface area contributed by atoms with E-state index in [0.717, 1.165) is 32.9 Å². The molecule has 1 aliphatic rings. The number of aryl methyl sites for hydroxylation is 1. The zero-order valence-electron chi connectivity index (χ0n) is 13.8. The molecule has 0 N–H and O–H groups in total. The van der Waals surface area contributed by atoms with Gasteiger partial charge in [0, 0.05) is 16.2 Å². The van der Waals surface area contributed by atoms with Crippen LogP contribution in [0.5, 0.6) is 0 Å². The molecule has 3 aromatic heterocycles. The van der Waals surface area contributed by atoms with E-state index in [-0.39, 0.29) is 0 Å². The van der Waals surface area contributed by atoms with Crippen LogP contribution in [0.2, 0.25) is 5.02 Å².